The van der Waals surface area contributed by atoms with Crippen LogP contribution in [0.25, 0.3) is 11.1 Å². The number of hydrogen-bond acceptors (Lipinski definition) is 4. The summed E-state index contributed by atoms with van der Waals surface area (Å²) in [5.41, 5.74) is 5.77. The normalized spacial score (nSPS) is 12.2. The Bertz CT molecular complexity index is 1040. The van der Waals surface area contributed by atoms with Crippen molar-refractivity contribution in [1.82, 2.24) is 10.2 Å². The van der Waals surface area contributed by atoms with Crippen molar-refractivity contribution in [3.05, 3.63) is 83.4 Å². The number of nitrogens with one attached hydrogen (secondary N) is 1. The zero-order valence-corrected chi connectivity index (χ0v) is 18.1. The van der Waals surface area contributed by atoms with Gasteiger partial charge in [-0.3, -0.25) is 4.79 Å². The molecule has 3 aromatic carbocycles. The first-order valence-corrected chi connectivity index (χ1v) is 10.6. The highest BCUT2D eigenvalue weighted by Crippen LogP contribution is 2.32. The Morgan fingerprint density at radius 2 is 1.68 bits per heavy atom. The van der Waals surface area contributed by atoms with Crippen molar-refractivity contribution >= 4 is 5.91 Å². The monoisotopic (exact) mass is 416 g/mol. The van der Waals surface area contributed by atoms with Gasteiger partial charge in [0, 0.05) is 19.5 Å². The van der Waals surface area contributed by atoms with Crippen LogP contribution in [0.2, 0.25) is 0 Å². The van der Waals surface area contributed by atoms with Crippen molar-refractivity contribution in [2.45, 2.75) is 25.9 Å². The van der Waals surface area contributed by atoms with Crippen LogP contribution in [0.5, 0.6) is 11.5 Å². The molecule has 0 unspecified atom stereocenters. The summed E-state index contributed by atoms with van der Waals surface area (Å²) in [4.78, 5) is 14.6. The van der Waals surface area contributed by atoms with Crippen molar-refractivity contribution in [2.24, 2.45) is 0 Å². The third-order valence-corrected chi connectivity index (χ3v) is 5.33. The molecule has 0 aliphatic carbocycles. The molecule has 0 atom stereocenters. The lowest BCUT2D eigenvalue weighted by molar-refractivity contribution is -0.121. The highest BCUT2D eigenvalue weighted by molar-refractivity contribution is 5.77. The van der Waals surface area contributed by atoms with Gasteiger partial charge in [0.05, 0.1) is 0 Å². The highest BCUT2D eigenvalue weighted by Gasteiger charge is 2.14. The lowest BCUT2D eigenvalue weighted by atomic mass is 9.98. The lowest BCUT2D eigenvalue weighted by Gasteiger charge is -2.13. The summed E-state index contributed by atoms with van der Waals surface area (Å²) in [7, 11) is 4.14. The van der Waals surface area contributed by atoms with Crippen LogP contribution in [0.4, 0.5) is 0 Å². The van der Waals surface area contributed by atoms with E-state index in [0.717, 1.165) is 40.3 Å². The zero-order chi connectivity index (χ0) is 21.6. The maximum atomic E-state index is 12.4. The predicted molar refractivity (Wildman–Crippen MR) is 122 cm³/mol. The Morgan fingerprint density at radius 3 is 2.48 bits per heavy atom. The van der Waals surface area contributed by atoms with Crippen LogP contribution in [0, 0.1) is 0 Å². The van der Waals surface area contributed by atoms with Gasteiger partial charge in [-0.15, -0.1) is 0 Å². The van der Waals surface area contributed by atoms with Gasteiger partial charge in [0.25, 0.3) is 0 Å². The molecule has 0 radical (unpaired) electrons. The van der Waals surface area contributed by atoms with Gasteiger partial charge >= 0.3 is 0 Å². The first-order valence-electron chi connectivity index (χ1n) is 10.6. The second-order valence-electron chi connectivity index (χ2n) is 8.06. The van der Waals surface area contributed by atoms with E-state index in [9.17, 15) is 4.79 Å². The molecule has 1 aliphatic rings. The van der Waals surface area contributed by atoms with Gasteiger partial charge in [0.2, 0.25) is 12.7 Å². The molecule has 0 saturated heterocycles. The van der Waals surface area contributed by atoms with E-state index >= 15 is 0 Å². The number of carbonyl (C=O) groups excluding carboxylic acids is 1. The topological polar surface area (TPSA) is 50.8 Å². The molecule has 1 aliphatic heterocycles. The Labute approximate surface area is 183 Å². The van der Waals surface area contributed by atoms with Crippen LogP contribution in [-0.4, -0.2) is 31.7 Å². The largest absolute Gasteiger partial charge is 0.454 e. The summed E-state index contributed by atoms with van der Waals surface area (Å²) in [6, 6.07) is 22.7. The van der Waals surface area contributed by atoms with E-state index in [4.69, 9.17) is 9.47 Å². The van der Waals surface area contributed by atoms with Gasteiger partial charge in [0.15, 0.2) is 11.5 Å². The number of fused-ring (bicyclic) bond motifs is 1. The van der Waals surface area contributed by atoms with E-state index in [2.05, 4.69) is 60.7 Å². The maximum Gasteiger partial charge on any atom is 0.231 e. The lowest BCUT2D eigenvalue weighted by Crippen LogP contribution is -2.23. The van der Waals surface area contributed by atoms with Gasteiger partial charge in [-0.2, -0.15) is 0 Å². The molecule has 160 valence electrons. The van der Waals surface area contributed by atoms with Crippen molar-refractivity contribution in [1.29, 1.82) is 0 Å². The molecular weight excluding hydrogens is 388 g/mol. The van der Waals surface area contributed by atoms with Crippen LogP contribution in [0.1, 0.15) is 23.1 Å². The van der Waals surface area contributed by atoms with E-state index < -0.39 is 0 Å². The minimum absolute atomic E-state index is 0.0359. The van der Waals surface area contributed by atoms with Crippen molar-refractivity contribution in [3.8, 4) is 22.6 Å². The van der Waals surface area contributed by atoms with Crippen LogP contribution >= 0.6 is 0 Å². The van der Waals surface area contributed by atoms with Gasteiger partial charge in [-0.25, -0.2) is 0 Å². The smallest absolute Gasteiger partial charge is 0.231 e. The highest BCUT2D eigenvalue weighted by atomic mass is 16.7. The SMILES string of the molecule is CN(C)Cc1ccc(-c2ccccc2CNC(=O)CCc2ccc3c(c2)OCO3)cc1. The summed E-state index contributed by atoms with van der Waals surface area (Å²) in [5, 5.41) is 3.07. The minimum atomic E-state index is 0.0359. The second-order valence-corrected chi connectivity index (χ2v) is 8.06. The molecule has 1 heterocycles. The number of aryl methyl sites for hydroxylation is 1. The molecule has 0 saturated carbocycles. The molecule has 31 heavy (non-hydrogen) atoms. The number of nitrogens with zero attached hydrogens (tertiary/aromatic N) is 1. The molecule has 0 fully saturated rings. The van der Waals surface area contributed by atoms with Crippen LogP contribution in [-0.2, 0) is 24.3 Å². The minimum Gasteiger partial charge on any atom is -0.454 e. The fourth-order valence-corrected chi connectivity index (χ4v) is 3.75. The van der Waals surface area contributed by atoms with Crippen LogP contribution in [0.3, 0.4) is 0 Å². The molecule has 0 aromatic heterocycles. The zero-order valence-electron chi connectivity index (χ0n) is 18.1. The molecule has 5 nitrogen and oxygen atoms in total. The summed E-state index contributed by atoms with van der Waals surface area (Å²) < 4.78 is 10.7. The van der Waals surface area contributed by atoms with Gasteiger partial charge in [0.1, 0.15) is 0 Å². The number of amides is 1. The summed E-state index contributed by atoms with van der Waals surface area (Å²) in [5.74, 6) is 1.55. The third-order valence-electron chi connectivity index (χ3n) is 5.33. The Morgan fingerprint density at radius 1 is 0.935 bits per heavy atom. The quantitative estimate of drug-likeness (QED) is 0.592. The maximum absolute atomic E-state index is 12.4. The standard InChI is InChI=1S/C26H28N2O3/c1-28(2)17-20-7-11-21(12-8-20)23-6-4-3-5-22(23)16-27-26(29)14-10-19-9-13-24-25(15-19)31-18-30-24/h3-9,11-13,15H,10,14,16-18H2,1-2H3,(H,27,29). The molecular formula is C26H28N2O3. The molecule has 0 bridgehead atoms. The Balaban J connectivity index is 1.35. The second kappa shape index (κ2) is 9.67. The molecule has 0 spiro atoms. The number of benzene rings is 3. The van der Waals surface area contributed by atoms with E-state index in [1.165, 1.54) is 5.56 Å². The molecule has 4 rings (SSSR count). The average Bonchev–Trinajstić information content (AvgIpc) is 3.24. The number of ether oxygens (including phenoxy) is 2. The summed E-state index contributed by atoms with van der Waals surface area (Å²) in [6.07, 6.45) is 1.10. The van der Waals surface area contributed by atoms with Crippen LogP contribution in [0.15, 0.2) is 66.7 Å². The molecule has 3 aromatic rings. The van der Waals surface area contributed by atoms with E-state index in [1.807, 2.05) is 30.3 Å². The molecule has 1 amide bonds. The van der Waals surface area contributed by atoms with E-state index in [-0.39, 0.29) is 12.7 Å². The van der Waals surface area contributed by atoms with Crippen molar-refractivity contribution in [2.75, 3.05) is 20.9 Å². The van der Waals surface area contributed by atoms with Crippen LogP contribution < -0.4 is 14.8 Å². The van der Waals surface area contributed by atoms with Gasteiger partial charge in [-0.1, -0.05) is 54.6 Å². The van der Waals surface area contributed by atoms with E-state index in [1.54, 1.807) is 0 Å². The Kier molecular flexibility index (Phi) is 6.53. The number of rotatable bonds is 8. The number of hydrogen-bond donors (Lipinski definition) is 1. The fourth-order valence-electron chi connectivity index (χ4n) is 3.75. The Hall–Kier alpha value is -3.31. The first-order chi connectivity index (χ1) is 15.1. The van der Waals surface area contributed by atoms with Crippen molar-refractivity contribution < 1.29 is 14.3 Å². The summed E-state index contributed by atoms with van der Waals surface area (Å²) >= 11 is 0. The van der Waals surface area contributed by atoms with Gasteiger partial charge in [-0.05, 0) is 60.5 Å². The number of carbonyl (C=O) groups is 1. The van der Waals surface area contributed by atoms with Crippen molar-refractivity contribution in [3.63, 3.8) is 0 Å². The molecule has 1 N–H and O–H groups in total. The first kappa shape index (κ1) is 20.9. The summed E-state index contributed by atoms with van der Waals surface area (Å²) in [6.45, 7) is 1.69. The van der Waals surface area contributed by atoms with E-state index in [0.29, 0.717) is 19.4 Å². The molecule has 5 heteroatoms. The van der Waals surface area contributed by atoms with Gasteiger partial charge < -0.3 is 19.7 Å². The fraction of sp³-hybridized carbons (Fsp3) is 0.269. The third kappa shape index (κ3) is 5.44. The predicted octanol–water partition coefficient (Wildman–Crippen LogP) is 4.39. The average molecular weight is 417 g/mol.